The van der Waals surface area contributed by atoms with Crippen LogP contribution in [0.3, 0.4) is 0 Å². The summed E-state index contributed by atoms with van der Waals surface area (Å²) >= 11 is 1.51. The molecule has 2 fully saturated rings. The third-order valence-corrected chi connectivity index (χ3v) is 8.16. The number of thiophene rings is 1. The number of guanidine groups is 1. The Labute approximate surface area is 161 Å². The van der Waals surface area contributed by atoms with E-state index in [0.29, 0.717) is 18.0 Å². The van der Waals surface area contributed by atoms with Crippen LogP contribution in [0.5, 0.6) is 0 Å². The first-order valence-electron chi connectivity index (χ1n) is 9.43. The first-order valence-corrected chi connectivity index (χ1v) is 11.7. The molecule has 0 bridgehead atoms. The van der Waals surface area contributed by atoms with Crippen LogP contribution in [0.25, 0.3) is 0 Å². The van der Waals surface area contributed by atoms with E-state index in [1.165, 1.54) is 37.0 Å². The monoisotopic (exact) mass is 398 g/mol. The summed E-state index contributed by atoms with van der Waals surface area (Å²) in [6, 6.07) is 1.74. The highest BCUT2D eigenvalue weighted by atomic mass is 32.2. The highest BCUT2D eigenvalue weighted by Gasteiger charge is 2.35. The molecule has 0 amide bonds. The maximum absolute atomic E-state index is 12.4. The Kier molecular flexibility index (Phi) is 6.25. The first kappa shape index (κ1) is 19.6. The summed E-state index contributed by atoms with van der Waals surface area (Å²) in [6.45, 7) is 6.79. The van der Waals surface area contributed by atoms with Crippen LogP contribution >= 0.6 is 11.3 Å². The van der Waals surface area contributed by atoms with Gasteiger partial charge in [0.15, 0.2) is 5.96 Å². The van der Waals surface area contributed by atoms with Crippen molar-refractivity contribution in [1.29, 1.82) is 0 Å². The SMILES string of the molecule is CN=C(NCCNS(=O)(=O)c1cc(C)sc1C)N1CC2CCCCC2C1. The summed E-state index contributed by atoms with van der Waals surface area (Å²) in [6.07, 6.45) is 5.36. The summed E-state index contributed by atoms with van der Waals surface area (Å²) in [4.78, 5) is 8.97. The normalized spacial score (nSPS) is 24.0. The van der Waals surface area contributed by atoms with Crippen molar-refractivity contribution in [2.75, 3.05) is 33.2 Å². The molecule has 2 unspecified atom stereocenters. The van der Waals surface area contributed by atoms with E-state index in [9.17, 15) is 8.42 Å². The number of rotatable bonds is 5. The van der Waals surface area contributed by atoms with Crippen LogP contribution in [-0.2, 0) is 10.0 Å². The molecule has 2 aliphatic rings. The van der Waals surface area contributed by atoms with Gasteiger partial charge in [-0.15, -0.1) is 11.3 Å². The molecule has 26 heavy (non-hydrogen) atoms. The van der Waals surface area contributed by atoms with Gasteiger partial charge in [0.1, 0.15) is 0 Å². The van der Waals surface area contributed by atoms with E-state index in [1.807, 2.05) is 13.8 Å². The Morgan fingerprint density at radius 1 is 1.23 bits per heavy atom. The Balaban J connectivity index is 1.48. The lowest BCUT2D eigenvalue weighted by Gasteiger charge is -2.22. The quantitative estimate of drug-likeness (QED) is 0.454. The molecule has 8 heteroatoms. The van der Waals surface area contributed by atoms with Crippen LogP contribution in [-0.4, -0.2) is 52.5 Å². The number of hydrogen-bond donors (Lipinski definition) is 2. The highest BCUT2D eigenvalue weighted by molar-refractivity contribution is 7.89. The van der Waals surface area contributed by atoms with Gasteiger partial charge in [-0.2, -0.15) is 0 Å². The lowest BCUT2D eigenvalue weighted by molar-refractivity contribution is 0.299. The van der Waals surface area contributed by atoms with Crippen molar-refractivity contribution >= 4 is 27.3 Å². The van der Waals surface area contributed by atoms with E-state index >= 15 is 0 Å². The Bertz CT molecular complexity index is 743. The van der Waals surface area contributed by atoms with Crippen molar-refractivity contribution in [3.05, 3.63) is 15.8 Å². The Morgan fingerprint density at radius 3 is 2.42 bits per heavy atom. The van der Waals surface area contributed by atoms with Crippen molar-refractivity contribution in [2.24, 2.45) is 16.8 Å². The topological polar surface area (TPSA) is 73.8 Å². The fraction of sp³-hybridized carbons (Fsp3) is 0.722. The molecule has 2 atom stereocenters. The van der Waals surface area contributed by atoms with Crippen molar-refractivity contribution in [2.45, 2.75) is 44.4 Å². The zero-order valence-electron chi connectivity index (χ0n) is 15.9. The van der Waals surface area contributed by atoms with Gasteiger partial charge < -0.3 is 10.2 Å². The Morgan fingerprint density at radius 2 is 1.88 bits per heavy atom. The highest BCUT2D eigenvalue weighted by Crippen LogP contribution is 2.35. The second kappa shape index (κ2) is 8.27. The van der Waals surface area contributed by atoms with Gasteiger partial charge in [-0.1, -0.05) is 12.8 Å². The largest absolute Gasteiger partial charge is 0.355 e. The minimum atomic E-state index is -3.44. The standard InChI is InChI=1S/C18H30N4O2S2/c1-13-10-17(14(2)25-13)26(23,24)21-9-8-20-18(19-3)22-11-15-6-4-5-7-16(15)12-22/h10,15-16,21H,4-9,11-12H2,1-3H3,(H,19,20). The molecule has 1 aliphatic carbocycles. The number of aryl methyl sites for hydroxylation is 2. The summed E-state index contributed by atoms with van der Waals surface area (Å²) in [5.41, 5.74) is 0. The van der Waals surface area contributed by atoms with Crippen LogP contribution in [0.1, 0.15) is 35.4 Å². The van der Waals surface area contributed by atoms with E-state index in [0.717, 1.165) is 40.6 Å². The van der Waals surface area contributed by atoms with E-state index in [1.54, 1.807) is 13.1 Å². The summed E-state index contributed by atoms with van der Waals surface area (Å²) in [5.74, 6) is 2.48. The minimum Gasteiger partial charge on any atom is -0.355 e. The molecule has 1 aromatic heterocycles. The number of aliphatic imine (C=N–C) groups is 1. The molecule has 0 aromatic carbocycles. The zero-order chi connectivity index (χ0) is 18.7. The minimum absolute atomic E-state index is 0.344. The average Bonchev–Trinajstić information content (AvgIpc) is 3.17. The Hall–Kier alpha value is -1.12. The van der Waals surface area contributed by atoms with Gasteiger partial charge >= 0.3 is 0 Å². The lowest BCUT2D eigenvalue weighted by Crippen LogP contribution is -2.43. The summed E-state index contributed by atoms with van der Waals surface area (Å²) in [5, 5.41) is 3.32. The summed E-state index contributed by atoms with van der Waals surface area (Å²) in [7, 11) is -1.65. The molecular formula is C18H30N4O2S2. The fourth-order valence-corrected chi connectivity index (χ4v) is 6.81. The molecule has 1 saturated carbocycles. The van der Waals surface area contributed by atoms with Crippen molar-refractivity contribution in [3.63, 3.8) is 0 Å². The first-order chi connectivity index (χ1) is 12.4. The van der Waals surface area contributed by atoms with Gasteiger partial charge in [-0.3, -0.25) is 4.99 Å². The van der Waals surface area contributed by atoms with E-state index in [4.69, 9.17) is 0 Å². The predicted octanol–water partition coefficient (Wildman–Crippen LogP) is 2.34. The smallest absolute Gasteiger partial charge is 0.241 e. The number of nitrogens with one attached hydrogen (secondary N) is 2. The van der Waals surface area contributed by atoms with Gasteiger partial charge in [0.25, 0.3) is 0 Å². The van der Waals surface area contributed by atoms with Crippen LogP contribution in [0.4, 0.5) is 0 Å². The predicted molar refractivity (Wildman–Crippen MR) is 107 cm³/mol. The van der Waals surface area contributed by atoms with Gasteiger partial charge in [0.05, 0.1) is 4.90 Å². The second-order valence-electron chi connectivity index (χ2n) is 7.36. The number of fused-ring (bicyclic) bond motifs is 1. The van der Waals surface area contributed by atoms with Crippen LogP contribution in [0.15, 0.2) is 16.0 Å². The van der Waals surface area contributed by atoms with Crippen LogP contribution < -0.4 is 10.0 Å². The van der Waals surface area contributed by atoms with E-state index < -0.39 is 10.0 Å². The van der Waals surface area contributed by atoms with Crippen molar-refractivity contribution in [1.82, 2.24) is 14.9 Å². The van der Waals surface area contributed by atoms with Gasteiger partial charge in [-0.05, 0) is 44.6 Å². The number of hydrogen-bond acceptors (Lipinski definition) is 4. The molecule has 2 N–H and O–H groups in total. The molecular weight excluding hydrogens is 368 g/mol. The van der Waals surface area contributed by atoms with Crippen molar-refractivity contribution < 1.29 is 8.42 Å². The third kappa shape index (κ3) is 4.40. The number of sulfonamides is 1. The van der Waals surface area contributed by atoms with Gasteiger partial charge in [0.2, 0.25) is 10.0 Å². The molecule has 1 aliphatic heterocycles. The van der Waals surface area contributed by atoms with Crippen LogP contribution in [0.2, 0.25) is 0 Å². The molecule has 2 heterocycles. The third-order valence-electron chi connectivity index (χ3n) is 5.47. The average molecular weight is 399 g/mol. The molecule has 146 valence electrons. The van der Waals surface area contributed by atoms with Crippen LogP contribution in [0, 0.1) is 25.7 Å². The molecule has 3 rings (SSSR count). The second-order valence-corrected chi connectivity index (χ2v) is 10.6. The number of nitrogens with zero attached hydrogens (tertiary/aromatic N) is 2. The summed E-state index contributed by atoms with van der Waals surface area (Å²) < 4.78 is 27.6. The van der Waals surface area contributed by atoms with Gasteiger partial charge in [-0.25, -0.2) is 13.1 Å². The molecule has 6 nitrogen and oxygen atoms in total. The molecule has 1 saturated heterocycles. The maximum atomic E-state index is 12.4. The van der Waals surface area contributed by atoms with Crippen molar-refractivity contribution in [3.8, 4) is 0 Å². The van der Waals surface area contributed by atoms with E-state index in [2.05, 4.69) is 19.9 Å². The lowest BCUT2D eigenvalue weighted by atomic mass is 9.82. The molecule has 1 aromatic rings. The zero-order valence-corrected chi connectivity index (χ0v) is 17.5. The number of likely N-dealkylation sites (tertiary alicyclic amines) is 1. The fourth-order valence-electron chi connectivity index (χ4n) is 4.22. The molecule has 0 radical (unpaired) electrons. The molecule has 0 spiro atoms. The van der Waals surface area contributed by atoms with Gasteiger partial charge in [0, 0.05) is 43.0 Å². The maximum Gasteiger partial charge on any atom is 0.241 e. The van der Waals surface area contributed by atoms with E-state index in [-0.39, 0.29) is 0 Å².